The van der Waals surface area contributed by atoms with Gasteiger partial charge in [0, 0.05) is 44.1 Å². The van der Waals surface area contributed by atoms with Crippen LogP contribution >= 0.6 is 0 Å². The highest BCUT2D eigenvalue weighted by molar-refractivity contribution is 5.93. The molecule has 0 radical (unpaired) electrons. The Morgan fingerprint density at radius 3 is 2.06 bits per heavy atom. The number of nitrogens with two attached hydrogens (primary N) is 1. The lowest BCUT2D eigenvalue weighted by molar-refractivity contribution is -0.485. The normalized spacial score (nSPS) is 16.1. The van der Waals surface area contributed by atoms with Crippen LogP contribution in [-0.2, 0) is 25.5 Å². The Labute approximate surface area is 373 Å². The summed E-state index contributed by atoms with van der Waals surface area (Å²) in [4.78, 5) is 67.7. The van der Waals surface area contributed by atoms with Gasteiger partial charge in [0.15, 0.2) is 5.03 Å². The smallest absolute Gasteiger partial charge is 0.408 e. The van der Waals surface area contributed by atoms with Gasteiger partial charge >= 0.3 is 6.09 Å². The monoisotopic (exact) mass is 874 g/mol. The third-order valence-electron chi connectivity index (χ3n) is 10.4. The molecule has 1 heterocycles. The largest absolute Gasteiger partial charge is 0.444 e. The van der Waals surface area contributed by atoms with Gasteiger partial charge in [-0.25, -0.2) is 14.9 Å². The summed E-state index contributed by atoms with van der Waals surface area (Å²) in [6.45, 7) is 5.68. The molecule has 0 spiro atoms. The molecule has 0 aliphatic carbocycles. The molecule has 7 N–H and O–H groups in total. The number of hydrogen-bond acceptors (Lipinski definition) is 9. The van der Waals surface area contributed by atoms with E-state index in [4.69, 9.17) is 10.5 Å². The molecule has 1 fully saturated rings. The van der Waals surface area contributed by atoms with Crippen LogP contribution in [0.2, 0.25) is 0 Å². The molecule has 17 nitrogen and oxygen atoms in total. The first-order valence-corrected chi connectivity index (χ1v) is 21.3. The summed E-state index contributed by atoms with van der Waals surface area (Å²) in [7, 11) is 0. The topological polar surface area (TPSA) is 235 Å². The van der Waals surface area contributed by atoms with Crippen molar-refractivity contribution in [2.45, 2.75) is 76.1 Å². The second-order valence-corrected chi connectivity index (χ2v) is 16.4. The third kappa shape index (κ3) is 15.3. The number of hydrazone groups is 2. The number of carbonyl (C=O) groups is 4. The lowest BCUT2D eigenvalue weighted by atomic mass is 9.90. The Hall–Kier alpha value is -7.30. The number of alkyl carbamates (subject to hydrolysis) is 1. The van der Waals surface area contributed by atoms with Crippen LogP contribution in [-0.4, -0.2) is 89.8 Å². The van der Waals surface area contributed by atoms with E-state index in [-0.39, 0.29) is 56.4 Å². The molecule has 0 bridgehead atoms. The molecule has 4 unspecified atom stereocenters. The number of rotatable bonds is 20. The zero-order chi connectivity index (χ0) is 45.9. The molecular weight excluding hydrogens is 817 g/mol. The van der Waals surface area contributed by atoms with Crippen molar-refractivity contribution in [3.63, 3.8) is 0 Å². The molecular formula is C47H58N10O7. The molecule has 5 rings (SSSR count). The summed E-state index contributed by atoms with van der Waals surface area (Å²) < 4.78 is 5.54. The van der Waals surface area contributed by atoms with E-state index in [9.17, 15) is 29.3 Å². The first-order chi connectivity index (χ1) is 30.8. The zero-order valence-corrected chi connectivity index (χ0v) is 36.4. The van der Waals surface area contributed by atoms with Gasteiger partial charge in [-0.2, -0.15) is 5.10 Å². The summed E-state index contributed by atoms with van der Waals surface area (Å²) in [5.41, 5.74) is 11.2. The Bertz CT molecular complexity index is 2150. The highest BCUT2D eigenvalue weighted by Gasteiger charge is 2.44. The second-order valence-electron chi connectivity index (χ2n) is 16.4. The maximum Gasteiger partial charge on any atom is 0.408 e. The predicted molar refractivity (Wildman–Crippen MR) is 244 cm³/mol. The summed E-state index contributed by atoms with van der Waals surface area (Å²) >= 11 is 0. The Balaban J connectivity index is 1.31. The van der Waals surface area contributed by atoms with Crippen molar-refractivity contribution >= 4 is 36.0 Å². The average molecular weight is 875 g/mol. The van der Waals surface area contributed by atoms with E-state index < -0.39 is 46.5 Å². The van der Waals surface area contributed by atoms with Crippen LogP contribution in [0.5, 0.6) is 0 Å². The maximum absolute atomic E-state index is 14.6. The Morgan fingerprint density at radius 2 is 1.47 bits per heavy atom. The van der Waals surface area contributed by atoms with Gasteiger partial charge in [-0.05, 0) is 62.3 Å². The fourth-order valence-corrected chi connectivity index (χ4v) is 7.52. The fraction of sp³-hybridized carbons (Fsp3) is 0.362. The van der Waals surface area contributed by atoms with Gasteiger partial charge in [0.2, 0.25) is 17.7 Å². The summed E-state index contributed by atoms with van der Waals surface area (Å²) in [6.07, 6.45) is 2.42. The van der Waals surface area contributed by atoms with E-state index in [1.54, 1.807) is 31.9 Å². The van der Waals surface area contributed by atoms with Crippen molar-refractivity contribution in [1.29, 1.82) is 0 Å². The van der Waals surface area contributed by atoms with Crippen LogP contribution < -0.4 is 32.4 Å². The molecule has 17 heteroatoms. The minimum Gasteiger partial charge on any atom is -0.444 e. The third-order valence-corrected chi connectivity index (χ3v) is 10.4. The molecule has 4 aromatic carbocycles. The van der Waals surface area contributed by atoms with Crippen LogP contribution in [0.4, 0.5) is 4.79 Å². The fourth-order valence-electron chi connectivity index (χ4n) is 7.52. The predicted octanol–water partition coefficient (Wildman–Crippen LogP) is 4.60. The molecule has 338 valence electrons. The number of guanidine groups is 1. The minimum absolute atomic E-state index is 0.0996. The van der Waals surface area contributed by atoms with Crippen LogP contribution in [0.3, 0.4) is 0 Å². The molecule has 1 aliphatic heterocycles. The quantitative estimate of drug-likeness (QED) is 0.0238. The molecule has 0 saturated carbocycles. The minimum atomic E-state index is -1.03. The maximum atomic E-state index is 14.6. The van der Waals surface area contributed by atoms with Crippen molar-refractivity contribution in [3.05, 3.63) is 154 Å². The van der Waals surface area contributed by atoms with Crippen LogP contribution in [0.1, 0.15) is 74.2 Å². The van der Waals surface area contributed by atoms with E-state index >= 15 is 0 Å². The average Bonchev–Trinajstić information content (AvgIpc) is 3.73. The van der Waals surface area contributed by atoms with Crippen LogP contribution in [0.25, 0.3) is 0 Å². The number of ether oxygens (including phenoxy) is 1. The summed E-state index contributed by atoms with van der Waals surface area (Å²) in [6, 6.07) is 35.7. The van der Waals surface area contributed by atoms with Gasteiger partial charge in [-0.3, -0.25) is 14.4 Å². The lowest BCUT2D eigenvalue weighted by Crippen LogP contribution is -2.56. The summed E-state index contributed by atoms with van der Waals surface area (Å²) in [5, 5.41) is 28.9. The molecule has 1 saturated heterocycles. The van der Waals surface area contributed by atoms with Crippen LogP contribution in [0.15, 0.2) is 132 Å². The molecule has 4 amide bonds. The Kier molecular flexibility index (Phi) is 17.7. The van der Waals surface area contributed by atoms with Gasteiger partial charge in [0.1, 0.15) is 29.3 Å². The van der Waals surface area contributed by atoms with Crippen molar-refractivity contribution in [3.8, 4) is 0 Å². The van der Waals surface area contributed by atoms with E-state index in [0.29, 0.717) is 19.3 Å². The number of likely N-dealkylation sites (tertiary alicyclic amines) is 1. The SMILES string of the molecule is CC(C)(C)OC(=O)NC(Cc1ccccc1)C(=O)N1CCC(c2ccccc2)C1C(=O)NCC(/C=N/NCC(=O)NC(c1ccccc1)c1ccccc1)CCCN/C(N)=N\[N+](=O)[O-]. The van der Waals surface area contributed by atoms with Gasteiger partial charge in [0.25, 0.3) is 5.96 Å². The van der Waals surface area contributed by atoms with Gasteiger partial charge < -0.3 is 42.1 Å². The van der Waals surface area contributed by atoms with E-state index in [1.807, 2.05) is 121 Å². The Morgan fingerprint density at radius 1 is 0.875 bits per heavy atom. The molecule has 1 aliphatic rings. The first kappa shape index (κ1) is 47.7. The lowest BCUT2D eigenvalue weighted by Gasteiger charge is -2.31. The number of amides is 4. The first-order valence-electron chi connectivity index (χ1n) is 21.3. The molecule has 4 aromatic rings. The number of hydrogen-bond donors (Lipinski definition) is 6. The zero-order valence-electron chi connectivity index (χ0n) is 36.4. The van der Waals surface area contributed by atoms with E-state index in [1.165, 1.54) is 0 Å². The number of nitrogens with one attached hydrogen (secondary N) is 5. The second kappa shape index (κ2) is 23.8. The number of nitrogens with zero attached hydrogens (tertiary/aromatic N) is 4. The van der Waals surface area contributed by atoms with Crippen LogP contribution in [0, 0.1) is 16.0 Å². The molecule has 4 atom stereocenters. The van der Waals surface area contributed by atoms with E-state index in [0.717, 1.165) is 22.3 Å². The van der Waals surface area contributed by atoms with Crippen molar-refractivity contribution < 1.29 is 28.9 Å². The number of benzene rings is 4. The summed E-state index contributed by atoms with van der Waals surface area (Å²) in [5.74, 6) is -2.19. The van der Waals surface area contributed by atoms with Crippen molar-refractivity contribution in [1.82, 2.24) is 31.6 Å². The van der Waals surface area contributed by atoms with E-state index in [2.05, 4.69) is 36.9 Å². The standard InChI is InChI=1S/C47H58N10O7/c1-47(2,3)64-46(61)53-39(29-33-17-8-4-9-18-33)44(60)56-28-26-38(35-20-10-5-11-21-35)42(56)43(59)50-30-34(19-16-27-49-45(48)55-57(62)63)31-51-52-32-40(58)54-41(36-22-12-6-13-23-36)37-24-14-7-15-25-37/h4-15,17-18,20-25,31,34,38-39,41-42,52H,16,19,26-30,32H2,1-3H3,(H,50,59)(H,53,61)(H,54,58)(H3,48,49,55)/b51-31+. The number of carbonyl (C=O) groups excluding carboxylic acids is 4. The highest BCUT2D eigenvalue weighted by Crippen LogP contribution is 2.34. The molecule has 0 aromatic heterocycles. The van der Waals surface area contributed by atoms with Crippen molar-refractivity contribution in [2.75, 3.05) is 26.2 Å². The highest BCUT2D eigenvalue weighted by atomic mass is 16.7. The molecule has 64 heavy (non-hydrogen) atoms. The van der Waals surface area contributed by atoms with Gasteiger partial charge in [0.05, 0.1) is 6.04 Å². The van der Waals surface area contributed by atoms with Crippen molar-refractivity contribution in [2.24, 2.45) is 21.9 Å². The number of nitro groups is 1. The van der Waals surface area contributed by atoms with Gasteiger partial charge in [-0.1, -0.05) is 121 Å². The van der Waals surface area contributed by atoms with Gasteiger partial charge in [-0.15, -0.1) is 0 Å².